The molecule has 4 nitrogen and oxygen atoms in total. The van der Waals surface area contributed by atoms with E-state index in [0.29, 0.717) is 36.5 Å². The molecule has 0 saturated carbocycles. The highest BCUT2D eigenvalue weighted by Crippen LogP contribution is 2.23. The zero-order chi connectivity index (χ0) is 14.0. The first-order chi connectivity index (χ1) is 8.99. The second kappa shape index (κ2) is 7.62. The fourth-order valence-corrected chi connectivity index (χ4v) is 3.58. The van der Waals surface area contributed by atoms with Gasteiger partial charge in [-0.2, -0.15) is 0 Å². The van der Waals surface area contributed by atoms with Crippen molar-refractivity contribution in [3.8, 4) is 0 Å². The van der Waals surface area contributed by atoms with Gasteiger partial charge in [-0.15, -0.1) is 12.4 Å². The molecule has 0 aromatic rings. The monoisotopic (exact) mass is 303 g/mol. The lowest BCUT2D eigenvalue weighted by atomic mass is 9.94. The highest BCUT2D eigenvalue weighted by molar-refractivity contribution is 5.85. The second-order valence-electron chi connectivity index (χ2n) is 6.59. The van der Waals surface area contributed by atoms with E-state index < -0.39 is 0 Å². The molecule has 118 valence electrons. The molecular formula is C15H30ClN3O. The van der Waals surface area contributed by atoms with Crippen molar-refractivity contribution >= 4 is 18.3 Å². The number of carbonyl (C=O) groups excluding carboxylic acids is 1. The molecule has 2 heterocycles. The lowest BCUT2D eigenvalue weighted by Gasteiger charge is -2.41. The number of nitrogens with zero attached hydrogens (tertiary/aromatic N) is 2. The van der Waals surface area contributed by atoms with Gasteiger partial charge in [0.15, 0.2) is 0 Å². The lowest BCUT2D eigenvalue weighted by Crippen LogP contribution is -2.53. The summed E-state index contributed by atoms with van der Waals surface area (Å²) in [4.78, 5) is 16.9. The topological polar surface area (TPSA) is 49.6 Å². The van der Waals surface area contributed by atoms with E-state index in [1.165, 1.54) is 6.42 Å². The standard InChI is InChI=1S/C15H29N3O.ClH/c1-11-9-17(8-7-14(11)16)10-15(19)18-12(2)5-4-6-13(18)3;/h11-14H,4-10,16H2,1-3H3;1H. The molecule has 0 aliphatic carbocycles. The van der Waals surface area contributed by atoms with Crippen LogP contribution in [0.5, 0.6) is 0 Å². The van der Waals surface area contributed by atoms with E-state index in [1.807, 2.05) is 0 Å². The maximum Gasteiger partial charge on any atom is 0.237 e. The van der Waals surface area contributed by atoms with E-state index in [2.05, 4.69) is 30.6 Å². The third-order valence-electron chi connectivity index (χ3n) is 4.90. The average Bonchev–Trinajstić information content (AvgIpc) is 2.33. The fraction of sp³-hybridized carbons (Fsp3) is 0.933. The number of piperidine rings is 2. The van der Waals surface area contributed by atoms with E-state index in [0.717, 1.165) is 32.4 Å². The predicted octanol–water partition coefficient (Wildman–Crippen LogP) is 1.87. The van der Waals surface area contributed by atoms with E-state index in [4.69, 9.17) is 5.73 Å². The van der Waals surface area contributed by atoms with Crippen LogP contribution in [0.2, 0.25) is 0 Å². The molecule has 0 aromatic carbocycles. The second-order valence-corrected chi connectivity index (χ2v) is 6.59. The Hall–Kier alpha value is -0.320. The van der Waals surface area contributed by atoms with Crippen LogP contribution in [-0.2, 0) is 4.79 Å². The molecule has 0 aromatic heterocycles. The van der Waals surface area contributed by atoms with Gasteiger partial charge in [-0.1, -0.05) is 6.92 Å². The predicted molar refractivity (Wildman–Crippen MR) is 85.1 cm³/mol. The third-order valence-corrected chi connectivity index (χ3v) is 4.90. The van der Waals surface area contributed by atoms with Crippen LogP contribution in [0.4, 0.5) is 0 Å². The Balaban J connectivity index is 0.00000200. The van der Waals surface area contributed by atoms with Crippen LogP contribution >= 0.6 is 12.4 Å². The molecule has 20 heavy (non-hydrogen) atoms. The van der Waals surface area contributed by atoms with E-state index >= 15 is 0 Å². The minimum atomic E-state index is 0. The van der Waals surface area contributed by atoms with Crippen molar-refractivity contribution in [3.63, 3.8) is 0 Å². The van der Waals surface area contributed by atoms with Crippen LogP contribution in [0, 0.1) is 5.92 Å². The largest absolute Gasteiger partial charge is 0.336 e. The summed E-state index contributed by atoms with van der Waals surface area (Å²) < 4.78 is 0. The Morgan fingerprint density at radius 3 is 2.30 bits per heavy atom. The van der Waals surface area contributed by atoms with Gasteiger partial charge in [-0.25, -0.2) is 0 Å². The van der Waals surface area contributed by atoms with Crippen molar-refractivity contribution < 1.29 is 4.79 Å². The zero-order valence-electron chi connectivity index (χ0n) is 13.0. The van der Waals surface area contributed by atoms with Crippen molar-refractivity contribution in [3.05, 3.63) is 0 Å². The average molecular weight is 304 g/mol. The van der Waals surface area contributed by atoms with Crippen LogP contribution in [0.15, 0.2) is 0 Å². The molecular weight excluding hydrogens is 274 g/mol. The van der Waals surface area contributed by atoms with Crippen LogP contribution < -0.4 is 5.73 Å². The number of halogens is 1. The molecule has 2 N–H and O–H groups in total. The summed E-state index contributed by atoms with van der Waals surface area (Å²) in [7, 11) is 0. The summed E-state index contributed by atoms with van der Waals surface area (Å²) in [5, 5.41) is 0. The first-order valence-electron chi connectivity index (χ1n) is 7.78. The molecule has 2 fully saturated rings. The van der Waals surface area contributed by atoms with Crippen molar-refractivity contribution in [2.45, 2.75) is 64.6 Å². The van der Waals surface area contributed by atoms with Crippen molar-refractivity contribution in [2.75, 3.05) is 19.6 Å². The Morgan fingerprint density at radius 2 is 1.75 bits per heavy atom. The van der Waals surface area contributed by atoms with E-state index in [-0.39, 0.29) is 12.4 Å². The summed E-state index contributed by atoms with van der Waals surface area (Å²) in [6.07, 6.45) is 4.57. The number of amides is 1. The molecule has 0 spiro atoms. The third kappa shape index (κ3) is 4.09. The van der Waals surface area contributed by atoms with Crippen molar-refractivity contribution in [2.24, 2.45) is 11.7 Å². The summed E-state index contributed by atoms with van der Waals surface area (Å²) >= 11 is 0. The smallest absolute Gasteiger partial charge is 0.237 e. The van der Waals surface area contributed by atoms with Gasteiger partial charge in [0.05, 0.1) is 6.54 Å². The van der Waals surface area contributed by atoms with Gasteiger partial charge >= 0.3 is 0 Å². The number of nitrogens with two attached hydrogens (primary N) is 1. The number of carbonyl (C=O) groups is 1. The Bertz CT molecular complexity index is 316. The minimum absolute atomic E-state index is 0. The number of hydrogen-bond donors (Lipinski definition) is 1. The zero-order valence-corrected chi connectivity index (χ0v) is 13.9. The summed E-state index contributed by atoms with van der Waals surface area (Å²) in [5.41, 5.74) is 6.04. The van der Waals surface area contributed by atoms with Crippen LogP contribution in [0.3, 0.4) is 0 Å². The molecule has 5 heteroatoms. The highest BCUT2D eigenvalue weighted by Gasteiger charge is 2.31. The normalized spacial score (nSPS) is 35.5. The van der Waals surface area contributed by atoms with Gasteiger partial charge in [-0.3, -0.25) is 9.69 Å². The fourth-order valence-electron chi connectivity index (χ4n) is 3.58. The number of rotatable bonds is 2. The molecule has 4 unspecified atom stereocenters. The molecule has 0 bridgehead atoms. The van der Waals surface area contributed by atoms with Gasteiger partial charge < -0.3 is 10.6 Å². The highest BCUT2D eigenvalue weighted by atomic mass is 35.5. The maximum atomic E-state index is 12.5. The van der Waals surface area contributed by atoms with Gasteiger partial charge in [0.1, 0.15) is 0 Å². The van der Waals surface area contributed by atoms with E-state index in [1.54, 1.807) is 0 Å². The quantitative estimate of drug-likeness (QED) is 0.847. The first kappa shape index (κ1) is 17.7. The minimum Gasteiger partial charge on any atom is -0.336 e. The summed E-state index contributed by atoms with van der Waals surface area (Å²) in [6, 6.07) is 1.11. The van der Waals surface area contributed by atoms with Crippen LogP contribution in [0.1, 0.15) is 46.5 Å². The number of likely N-dealkylation sites (tertiary alicyclic amines) is 2. The molecule has 0 radical (unpaired) electrons. The van der Waals surface area contributed by atoms with Gasteiger partial charge in [0.2, 0.25) is 5.91 Å². The van der Waals surface area contributed by atoms with Gasteiger partial charge in [0, 0.05) is 31.2 Å². The summed E-state index contributed by atoms with van der Waals surface area (Å²) in [6.45, 7) is 9.06. The molecule has 4 atom stereocenters. The Kier molecular flexibility index (Phi) is 6.76. The Labute approximate surface area is 129 Å². The van der Waals surface area contributed by atoms with Gasteiger partial charge in [-0.05, 0) is 45.4 Å². The summed E-state index contributed by atoms with van der Waals surface area (Å²) in [5.74, 6) is 0.806. The molecule has 1 amide bonds. The lowest BCUT2D eigenvalue weighted by molar-refractivity contribution is -0.139. The molecule has 2 rings (SSSR count). The number of hydrogen-bond acceptors (Lipinski definition) is 3. The molecule has 2 aliphatic rings. The maximum absolute atomic E-state index is 12.5. The Morgan fingerprint density at radius 1 is 1.15 bits per heavy atom. The molecule has 2 saturated heterocycles. The van der Waals surface area contributed by atoms with E-state index in [9.17, 15) is 4.79 Å². The first-order valence-corrected chi connectivity index (χ1v) is 7.78. The van der Waals surface area contributed by atoms with Crippen LogP contribution in [0.25, 0.3) is 0 Å². The molecule has 2 aliphatic heterocycles. The van der Waals surface area contributed by atoms with Crippen LogP contribution in [-0.4, -0.2) is 53.5 Å². The van der Waals surface area contributed by atoms with Crippen molar-refractivity contribution in [1.29, 1.82) is 0 Å². The van der Waals surface area contributed by atoms with Crippen molar-refractivity contribution in [1.82, 2.24) is 9.80 Å². The van der Waals surface area contributed by atoms with Gasteiger partial charge in [0.25, 0.3) is 0 Å². The SMILES string of the molecule is CC1CN(CC(=O)N2C(C)CCCC2C)CCC1N.Cl.